The fourth-order valence-electron chi connectivity index (χ4n) is 4.28. The molecule has 8 nitrogen and oxygen atoms in total. The van der Waals surface area contributed by atoms with Gasteiger partial charge < -0.3 is 15.0 Å². The summed E-state index contributed by atoms with van der Waals surface area (Å²) in [5.74, 6) is -2.96. The Hall–Kier alpha value is -3.99. The number of ether oxygens (including phenoxy) is 1. The summed E-state index contributed by atoms with van der Waals surface area (Å²) in [6, 6.07) is 17.7. The van der Waals surface area contributed by atoms with Crippen molar-refractivity contribution >= 4 is 27.5 Å². The molecule has 1 atom stereocenters. The summed E-state index contributed by atoms with van der Waals surface area (Å²) < 4.78 is 59.2. The summed E-state index contributed by atoms with van der Waals surface area (Å²) in [7, 11) is -2.60. The molecule has 0 fully saturated rings. The summed E-state index contributed by atoms with van der Waals surface area (Å²) in [5, 5.41) is 2.90. The monoisotopic (exact) mass is 587 g/mol. The molecule has 0 aromatic heterocycles. The predicted molar refractivity (Wildman–Crippen MR) is 154 cm³/mol. The fourth-order valence-corrected chi connectivity index (χ4v) is 5.12. The molecular weight excluding hydrogens is 552 g/mol. The molecule has 0 radical (unpaired) electrons. The Morgan fingerprint density at radius 1 is 0.951 bits per heavy atom. The Morgan fingerprint density at radius 3 is 2.29 bits per heavy atom. The van der Waals surface area contributed by atoms with E-state index in [1.807, 2.05) is 37.3 Å². The molecule has 0 aliphatic carbocycles. The van der Waals surface area contributed by atoms with Crippen molar-refractivity contribution in [1.29, 1.82) is 0 Å². The predicted octanol–water partition coefficient (Wildman–Crippen LogP) is 4.30. The number of hydrogen-bond acceptors (Lipinski definition) is 5. The Balaban J connectivity index is 2.06. The summed E-state index contributed by atoms with van der Waals surface area (Å²) >= 11 is 0. The standard InChI is InChI=1S/C30H35F2N3O5S/c1-4-5-16-33-30(37)28(18-22-10-7-6-8-11-22)34(20-23-12-9-13-25(17-23)40-2)29(36)21-35(41(3,38)39)24-14-15-26(31)27(32)19-24/h6-15,17,19,28H,4-5,16,18,20-21H2,1-3H3,(H,33,37)/t28-/m0/s1. The highest BCUT2D eigenvalue weighted by Gasteiger charge is 2.33. The Labute approximate surface area is 240 Å². The number of hydrogen-bond donors (Lipinski definition) is 1. The van der Waals surface area contributed by atoms with Crippen LogP contribution in [0.15, 0.2) is 72.8 Å². The number of carbonyl (C=O) groups excluding carboxylic acids is 2. The van der Waals surface area contributed by atoms with Gasteiger partial charge in [0.15, 0.2) is 11.6 Å². The highest BCUT2D eigenvalue weighted by molar-refractivity contribution is 7.92. The molecule has 3 rings (SSSR count). The minimum absolute atomic E-state index is 0.0376. The van der Waals surface area contributed by atoms with E-state index in [0.29, 0.717) is 22.2 Å². The van der Waals surface area contributed by atoms with Crippen molar-refractivity contribution in [3.63, 3.8) is 0 Å². The van der Waals surface area contributed by atoms with Gasteiger partial charge in [-0.15, -0.1) is 0 Å². The normalized spacial score (nSPS) is 11.9. The molecular formula is C30H35F2N3O5S. The number of unbranched alkanes of at least 4 members (excludes halogenated alkanes) is 1. The lowest BCUT2D eigenvalue weighted by atomic mass is 10.0. The van der Waals surface area contributed by atoms with Crippen LogP contribution in [0.1, 0.15) is 30.9 Å². The number of rotatable bonds is 14. The molecule has 0 saturated heterocycles. The Morgan fingerprint density at radius 2 is 1.66 bits per heavy atom. The van der Waals surface area contributed by atoms with Crippen molar-refractivity contribution in [2.45, 2.75) is 38.8 Å². The maximum Gasteiger partial charge on any atom is 0.244 e. The van der Waals surface area contributed by atoms with Crippen LogP contribution in [-0.2, 0) is 32.6 Å². The topological polar surface area (TPSA) is 96.0 Å². The van der Waals surface area contributed by atoms with Crippen molar-refractivity contribution in [3.8, 4) is 5.75 Å². The highest BCUT2D eigenvalue weighted by Crippen LogP contribution is 2.23. The van der Waals surface area contributed by atoms with Gasteiger partial charge in [0.25, 0.3) is 0 Å². The molecule has 2 amide bonds. The van der Waals surface area contributed by atoms with Gasteiger partial charge in [0.1, 0.15) is 18.3 Å². The van der Waals surface area contributed by atoms with Crippen LogP contribution in [0.5, 0.6) is 5.75 Å². The van der Waals surface area contributed by atoms with Gasteiger partial charge >= 0.3 is 0 Å². The van der Waals surface area contributed by atoms with Crippen LogP contribution in [0.2, 0.25) is 0 Å². The summed E-state index contributed by atoms with van der Waals surface area (Å²) in [5.41, 5.74) is 1.23. The zero-order valence-corrected chi connectivity index (χ0v) is 24.2. The SMILES string of the molecule is CCCCNC(=O)[C@H](Cc1ccccc1)N(Cc1cccc(OC)c1)C(=O)CN(c1ccc(F)c(F)c1)S(C)(=O)=O. The van der Waals surface area contributed by atoms with Crippen LogP contribution < -0.4 is 14.4 Å². The second-order valence-electron chi connectivity index (χ2n) is 9.59. The third-order valence-corrected chi connectivity index (χ3v) is 7.60. The molecule has 0 saturated carbocycles. The average Bonchev–Trinajstić information content (AvgIpc) is 2.95. The minimum atomic E-state index is -4.11. The van der Waals surface area contributed by atoms with Gasteiger partial charge in [0.05, 0.1) is 19.1 Å². The first kappa shape index (κ1) is 31.5. The van der Waals surface area contributed by atoms with Gasteiger partial charge in [-0.05, 0) is 41.8 Å². The Bertz CT molecular complexity index is 1440. The number of amides is 2. The number of nitrogens with zero attached hydrogens (tertiary/aromatic N) is 2. The second-order valence-corrected chi connectivity index (χ2v) is 11.5. The minimum Gasteiger partial charge on any atom is -0.497 e. The molecule has 0 aliphatic heterocycles. The first-order chi connectivity index (χ1) is 19.5. The van der Waals surface area contributed by atoms with Gasteiger partial charge in [-0.3, -0.25) is 13.9 Å². The van der Waals surface area contributed by atoms with Crippen LogP contribution in [0.25, 0.3) is 0 Å². The quantitative estimate of drug-likeness (QED) is 0.284. The molecule has 0 bridgehead atoms. The largest absolute Gasteiger partial charge is 0.497 e. The molecule has 0 heterocycles. The molecule has 0 aliphatic rings. The molecule has 1 N–H and O–H groups in total. The van der Waals surface area contributed by atoms with E-state index in [0.717, 1.165) is 42.9 Å². The lowest BCUT2D eigenvalue weighted by Gasteiger charge is -2.33. The summed E-state index contributed by atoms with van der Waals surface area (Å²) in [4.78, 5) is 28.9. The van der Waals surface area contributed by atoms with Crippen LogP contribution in [0.4, 0.5) is 14.5 Å². The molecule has 220 valence electrons. The van der Waals surface area contributed by atoms with Crippen LogP contribution in [0.3, 0.4) is 0 Å². The van der Waals surface area contributed by atoms with E-state index >= 15 is 0 Å². The zero-order valence-electron chi connectivity index (χ0n) is 23.3. The van der Waals surface area contributed by atoms with Crippen molar-refractivity contribution in [2.75, 3.05) is 30.8 Å². The van der Waals surface area contributed by atoms with E-state index in [1.54, 1.807) is 24.3 Å². The first-order valence-electron chi connectivity index (χ1n) is 13.2. The average molecular weight is 588 g/mol. The number of carbonyl (C=O) groups is 2. The van der Waals surface area contributed by atoms with Crippen LogP contribution in [0, 0.1) is 11.6 Å². The van der Waals surface area contributed by atoms with Crippen molar-refractivity contribution in [2.24, 2.45) is 0 Å². The van der Waals surface area contributed by atoms with E-state index in [-0.39, 0.29) is 18.7 Å². The zero-order chi connectivity index (χ0) is 30.0. The van der Waals surface area contributed by atoms with Crippen LogP contribution >= 0.6 is 0 Å². The maximum atomic E-state index is 14.0. The van der Waals surface area contributed by atoms with Gasteiger partial charge in [0.2, 0.25) is 21.8 Å². The third-order valence-electron chi connectivity index (χ3n) is 6.46. The number of methoxy groups -OCH3 is 1. The van der Waals surface area contributed by atoms with Gasteiger partial charge in [-0.1, -0.05) is 55.8 Å². The first-order valence-corrected chi connectivity index (χ1v) is 15.0. The number of benzene rings is 3. The maximum absolute atomic E-state index is 14.0. The molecule has 0 spiro atoms. The molecule has 3 aromatic carbocycles. The lowest BCUT2D eigenvalue weighted by Crippen LogP contribution is -2.53. The second kappa shape index (κ2) is 14.6. The number of halogens is 2. The van der Waals surface area contributed by atoms with E-state index in [4.69, 9.17) is 4.74 Å². The Kier molecular flexibility index (Phi) is 11.2. The molecule has 0 unspecified atom stereocenters. The van der Waals surface area contributed by atoms with Crippen molar-refractivity contribution in [3.05, 3.63) is 95.6 Å². The summed E-state index contributed by atoms with van der Waals surface area (Å²) in [6.07, 6.45) is 2.63. The lowest BCUT2D eigenvalue weighted by molar-refractivity contribution is -0.140. The van der Waals surface area contributed by atoms with E-state index in [2.05, 4.69) is 5.32 Å². The van der Waals surface area contributed by atoms with Gasteiger partial charge in [-0.25, -0.2) is 17.2 Å². The molecule has 3 aromatic rings. The fraction of sp³-hybridized carbons (Fsp3) is 0.333. The molecule has 11 heteroatoms. The smallest absolute Gasteiger partial charge is 0.244 e. The highest BCUT2D eigenvalue weighted by atomic mass is 32.2. The molecule has 41 heavy (non-hydrogen) atoms. The summed E-state index contributed by atoms with van der Waals surface area (Å²) in [6.45, 7) is 1.63. The van der Waals surface area contributed by atoms with Crippen LogP contribution in [-0.4, -0.2) is 57.6 Å². The van der Waals surface area contributed by atoms with Gasteiger partial charge in [-0.2, -0.15) is 0 Å². The van der Waals surface area contributed by atoms with Crippen molar-refractivity contribution < 1.29 is 31.5 Å². The van der Waals surface area contributed by atoms with E-state index < -0.39 is 46.1 Å². The number of anilines is 1. The van der Waals surface area contributed by atoms with Crippen molar-refractivity contribution in [1.82, 2.24) is 10.2 Å². The van der Waals surface area contributed by atoms with Gasteiger partial charge in [0, 0.05) is 25.6 Å². The third kappa shape index (κ3) is 9.01. The van der Waals surface area contributed by atoms with E-state index in [9.17, 15) is 26.8 Å². The number of nitrogens with one attached hydrogen (secondary N) is 1. The van der Waals surface area contributed by atoms with E-state index in [1.165, 1.54) is 12.0 Å². The number of sulfonamides is 1.